The van der Waals surface area contributed by atoms with Gasteiger partial charge in [0.25, 0.3) is 5.91 Å². The number of aromatic nitrogens is 4. The predicted octanol–water partition coefficient (Wildman–Crippen LogP) is 13.5. The summed E-state index contributed by atoms with van der Waals surface area (Å²) >= 11 is 0. The van der Waals surface area contributed by atoms with Crippen molar-refractivity contribution in [3.05, 3.63) is 171 Å². The number of imidazole rings is 1. The van der Waals surface area contributed by atoms with Crippen LogP contribution in [0.15, 0.2) is 109 Å². The van der Waals surface area contributed by atoms with Crippen LogP contribution in [0.1, 0.15) is 132 Å². The number of nitrogens with zero attached hydrogens (tertiary/aromatic N) is 8. The molecule has 7 fully saturated rings. The largest absolute Gasteiger partial charge is 0.478 e. The van der Waals surface area contributed by atoms with Gasteiger partial charge in [-0.25, -0.2) is 33.1 Å². The number of carbonyl (C=O) groups is 5. The van der Waals surface area contributed by atoms with E-state index in [1.807, 2.05) is 0 Å². The molecule has 0 bridgehead atoms. The van der Waals surface area contributed by atoms with Crippen LogP contribution >= 0.6 is 0 Å². The van der Waals surface area contributed by atoms with Crippen molar-refractivity contribution in [2.24, 2.45) is 35.5 Å². The van der Waals surface area contributed by atoms with Crippen molar-refractivity contribution in [2.75, 3.05) is 74.6 Å². The number of hydrogen-bond acceptors (Lipinski definition) is 10. The zero-order valence-electron chi connectivity index (χ0n) is 51.0. The first kappa shape index (κ1) is 64.0. The molecule has 4 aliphatic heterocycles. The van der Waals surface area contributed by atoms with Crippen LogP contribution in [-0.2, 0) is 23.3 Å². The maximum atomic E-state index is 15.7. The van der Waals surface area contributed by atoms with Crippen LogP contribution in [0.4, 0.5) is 70.7 Å². The molecule has 7 aromatic rings. The Hall–Kier alpha value is -9.34. The summed E-state index contributed by atoms with van der Waals surface area (Å²) in [6.45, 7) is 1.56. The molecule has 3 aliphatic carbocycles. The fourth-order valence-corrected chi connectivity index (χ4v) is 16.6. The van der Waals surface area contributed by atoms with Gasteiger partial charge in [0.1, 0.15) is 22.9 Å². The number of rotatable bonds is 11. The Morgan fingerprint density at radius 2 is 1.10 bits per heavy atom. The first-order chi connectivity index (χ1) is 45.7. The highest BCUT2D eigenvalue weighted by Crippen LogP contribution is 2.54. The van der Waals surface area contributed by atoms with Gasteiger partial charge in [0.15, 0.2) is 5.65 Å². The lowest BCUT2D eigenvalue weighted by Crippen LogP contribution is -2.41. The van der Waals surface area contributed by atoms with Crippen LogP contribution in [0.25, 0.3) is 16.9 Å². The predicted molar refractivity (Wildman–Crippen MR) is 326 cm³/mol. The number of hydrogen-bond donors (Lipinski definition) is 4. The SMILES string of the molecule is O=C(O)c1cc(F)ccc1NC(=O)N1C[C@H]2CC(c3ccc(-c4cc(NC(=O)N5C[C@H]6CC(c7cccc(C8COCCN8c8ccc9nc(C(=O)N%10C[C@H]%11CC(c%12ccccc%12C(F)(F)F)C[C@H]%11C%10)cn9n8)c7C(F)(F)F)C[C@H]6C5)c(C(=O)O)cn4)cc3C(F)(F)F)C[C@H]2C1. The molecule has 14 rings (SSSR count). The summed E-state index contributed by atoms with van der Waals surface area (Å²) in [7, 11) is 0. The number of carboxylic acids is 2. The smallest absolute Gasteiger partial charge is 0.417 e. The molecule has 5 amide bonds. The van der Waals surface area contributed by atoms with E-state index in [0.29, 0.717) is 50.2 Å². The minimum Gasteiger partial charge on any atom is -0.478 e. The lowest BCUT2D eigenvalue weighted by Gasteiger charge is -2.38. The zero-order valence-corrected chi connectivity index (χ0v) is 51.0. The molecule has 4 saturated heterocycles. The van der Waals surface area contributed by atoms with Gasteiger partial charge in [-0.1, -0.05) is 48.5 Å². The van der Waals surface area contributed by atoms with Crippen LogP contribution in [0.2, 0.25) is 0 Å². The van der Waals surface area contributed by atoms with E-state index in [0.717, 1.165) is 36.5 Å². The molecule has 0 radical (unpaired) electrons. The number of carbonyl (C=O) groups excluding carboxylic acids is 3. The van der Waals surface area contributed by atoms with Crippen molar-refractivity contribution in [1.82, 2.24) is 34.3 Å². The van der Waals surface area contributed by atoms with Crippen LogP contribution in [0, 0.1) is 41.3 Å². The molecule has 0 spiro atoms. The van der Waals surface area contributed by atoms with Gasteiger partial charge in [-0.2, -0.15) is 39.5 Å². The first-order valence-electron chi connectivity index (χ1n) is 31.7. The Balaban J connectivity index is 0.624. The Morgan fingerprint density at radius 3 is 1.70 bits per heavy atom. The second-order valence-electron chi connectivity index (χ2n) is 26.5. The molecule has 18 nitrogen and oxygen atoms in total. The quantitative estimate of drug-likeness (QED) is 0.0890. The van der Waals surface area contributed by atoms with Gasteiger partial charge in [-0.05, 0) is 163 Å². The zero-order chi connectivity index (χ0) is 67.4. The van der Waals surface area contributed by atoms with Crippen LogP contribution in [0.3, 0.4) is 0 Å². The van der Waals surface area contributed by atoms with Gasteiger partial charge in [-0.15, -0.1) is 5.10 Å². The molecular weight excluding hydrogens is 1270 g/mol. The molecule has 4 N–H and O–H groups in total. The summed E-state index contributed by atoms with van der Waals surface area (Å²) in [6.07, 6.45) is -9.56. The molecule has 3 saturated carbocycles. The van der Waals surface area contributed by atoms with E-state index in [4.69, 9.17) is 9.84 Å². The average Bonchev–Trinajstić information content (AvgIpc) is 1.35. The van der Waals surface area contributed by atoms with Crippen molar-refractivity contribution in [3.63, 3.8) is 0 Å². The Kier molecular flexibility index (Phi) is 16.3. The average molecular weight is 1340 g/mol. The summed E-state index contributed by atoms with van der Waals surface area (Å²) in [5.41, 5.74) is -2.97. The van der Waals surface area contributed by atoms with Gasteiger partial charge in [0.05, 0.1) is 64.8 Å². The highest BCUT2D eigenvalue weighted by atomic mass is 19.4. The highest BCUT2D eigenvalue weighted by molar-refractivity contribution is 6.01. The summed E-state index contributed by atoms with van der Waals surface area (Å²) < 4.78 is 155. The van der Waals surface area contributed by atoms with E-state index < -0.39 is 94.0 Å². The number of aromatic carboxylic acids is 2. The van der Waals surface area contributed by atoms with Gasteiger partial charge >= 0.3 is 42.5 Å². The number of anilines is 3. The number of nitrogens with one attached hydrogen (secondary N) is 2. The van der Waals surface area contributed by atoms with E-state index in [1.54, 1.807) is 34.1 Å². The third-order valence-corrected chi connectivity index (χ3v) is 20.9. The summed E-state index contributed by atoms with van der Waals surface area (Å²) in [6, 6.07) is 18.8. The maximum absolute atomic E-state index is 15.7. The number of alkyl halides is 9. The molecule has 96 heavy (non-hydrogen) atoms. The molecule has 28 heteroatoms. The topological polar surface area (TPSA) is 215 Å². The van der Waals surface area contributed by atoms with E-state index in [2.05, 4.69) is 20.6 Å². The number of fused-ring (bicyclic) bond motifs is 4. The van der Waals surface area contributed by atoms with E-state index in [1.165, 1.54) is 63.0 Å². The Bertz CT molecular complexity index is 4240. The van der Waals surface area contributed by atoms with Crippen LogP contribution in [-0.4, -0.2) is 133 Å². The minimum absolute atomic E-state index is 0.00569. The molecule has 7 aliphatic rings. The third kappa shape index (κ3) is 12.2. The normalized spacial score (nSPS) is 24.9. The number of pyridine rings is 1. The molecular formula is C68H62F10N10O8. The second kappa shape index (κ2) is 24.4. The van der Waals surface area contributed by atoms with Gasteiger partial charge in [0.2, 0.25) is 0 Å². The first-order valence-corrected chi connectivity index (χ1v) is 31.7. The van der Waals surface area contributed by atoms with Crippen LogP contribution in [0.5, 0.6) is 0 Å². The van der Waals surface area contributed by atoms with Crippen molar-refractivity contribution in [1.29, 1.82) is 0 Å². The molecule has 4 aromatic carbocycles. The second-order valence-corrected chi connectivity index (χ2v) is 26.5. The Labute approximate surface area is 541 Å². The number of likely N-dealkylation sites (tertiary alicyclic amines) is 3. The van der Waals surface area contributed by atoms with Crippen LogP contribution < -0.4 is 15.5 Å². The van der Waals surface area contributed by atoms with Crippen molar-refractivity contribution < 1.29 is 82.8 Å². The van der Waals surface area contributed by atoms with Crippen molar-refractivity contribution in [2.45, 2.75) is 80.8 Å². The molecule has 3 aromatic heterocycles. The monoisotopic (exact) mass is 1340 g/mol. The maximum Gasteiger partial charge on any atom is 0.417 e. The molecule has 502 valence electrons. The summed E-state index contributed by atoms with van der Waals surface area (Å²) in [5, 5.41) is 29.6. The molecule has 4 unspecified atom stereocenters. The van der Waals surface area contributed by atoms with E-state index in [9.17, 15) is 51.7 Å². The van der Waals surface area contributed by atoms with Crippen molar-refractivity contribution >= 4 is 52.7 Å². The number of morpholine rings is 1. The summed E-state index contributed by atoms with van der Waals surface area (Å²) in [4.78, 5) is 80.4. The number of halogens is 10. The highest BCUT2D eigenvalue weighted by Gasteiger charge is 2.50. The third-order valence-electron chi connectivity index (χ3n) is 20.9. The fourth-order valence-electron chi connectivity index (χ4n) is 16.6. The fraction of sp³-hybridized carbons (Fsp3) is 0.412. The van der Waals surface area contributed by atoms with Gasteiger partial charge in [-0.3, -0.25) is 9.78 Å². The number of benzene rings is 4. The van der Waals surface area contributed by atoms with Gasteiger partial charge in [0, 0.05) is 57.6 Å². The van der Waals surface area contributed by atoms with Crippen molar-refractivity contribution in [3.8, 4) is 11.3 Å². The minimum atomic E-state index is -4.84. The number of amides is 5. The molecule has 7 heterocycles. The summed E-state index contributed by atoms with van der Waals surface area (Å²) in [5.74, 6) is -6.06. The number of ether oxygens (including phenoxy) is 1. The van der Waals surface area contributed by atoms with E-state index in [-0.39, 0.29) is 157 Å². The Morgan fingerprint density at radius 1 is 0.552 bits per heavy atom. The number of carboxylic acid groups (broad SMARTS) is 2. The van der Waals surface area contributed by atoms with E-state index >= 15 is 26.3 Å². The molecule has 10 atom stereocenters. The lowest BCUT2D eigenvalue weighted by molar-refractivity contribution is -0.140. The lowest BCUT2D eigenvalue weighted by atomic mass is 9.86. The standard InChI is InChI=1S/C68H62F10N10O8/c69-44-9-11-53(49(23-44)62(90)91)81-64(94)85-28-40-18-36(19-41(40)29-85)46-10-8-34(22-52(46)67(73,74)75)54-24-55(50(25-79-54)63(92)93)82-65(95)86-30-42-20-37(21-43(42)31-86)47-5-3-6-48(60(47)68(76,77)78)57-33-96-15-14-87(57)59-13-12-58-80-56(32-88(58)83-59)61(89)84-26-38-16-35(17-39(38)27-84)45-4-1-2-7-51(45)66(70,71)72/h1-13,22-25,32,35-43,57H,14-21,26-31,33H2,(H,81,94)(H,90,91)(H,92,93)(H,79,82,95)/t35?,36?,37?,38-,39+,40-,41+,42-,43+,57?. The van der Waals surface area contributed by atoms with Gasteiger partial charge < -0.3 is 45.2 Å². The number of urea groups is 2.